The highest BCUT2D eigenvalue weighted by Crippen LogP contribution is 2.17. The Kier molecular flexibility index (Phi) is 6.35. The van der Waals surface area contributed by atoms with Gasteiger partial charge in [-0.05, 0) is 43.5 Å². The van der Waals surface area contributed by atoms with Crippen molar-refractivity contribution in [3.8, 4) is 0 Å². The highest BCUT2D eigenvalue weighted by atomic mass is 16.5. The predicted molar refractivity (Wildman–Crippen MR) is 121 cm³/mol. The summed E-state index contributed by atoms with van der Waals surface area (Å²) in [7, 11) is 1.68. The highest BCUT2D eigenvalue weighted by molar-refractivity contribution is 5.95. The molecule has 4 rings (SSSR count). The second kappa shape index (κ2) is 9.34. The van der Waals surface area contributed by atoms with Crippen LogP contribution in [0.2, 0.25) is 0 Å². The molecule has 0 unspecified atom stereocenters. The van der Waals surface area contributed by atoms with Crippen LogP contribution in [-0.2, 0) is 29.0 Å². The molecular weight excluding hydrogens is 406 g/mol. The van der Waals surface area contributed by atoms with Gasteiger partial charge in [0.1, 0.15) is 5.82 Å². The second-order valence-electron chi connectivity index (χ2n) is 8.34. The first-order chi connectivity index (χ1) is 15.4. The number of carbonyl (C=O) groups is 2. The number of likely N-dealkylation sites (N-methyl/N-ethyl adjacent to an activating group) is 1. The Balaban J connectivity index is 1.43. The molecular formula is C25H27N3O4. The van der Waals surface area contributed by atoms with Crippen LogP contribution in [0.25, 0.3) is 10.9 Å². The lowest BCUT2D eigenvalue weighted by atomic mass is 10.1. The number of aryl methyl sites for hydroxylation is 2. The molecule has 0 aliphatic carbocycles. The van der Waals surface area contributed by atoms with Crippen LogP contribution in [-0.4, -0.2) is 40.0 Å². The van der Waals surface area contributed by atoms with E-state index in [2.05, 4.69) is 4.98 Å². The number of benzene rings is 2. The number of aromatic nitrogens is 2. The summed E-state index contributed by atoms with van der Waals surface area (Å²) in [6.07, 6.45) is 3.79. The monoisotopic (exact) mass is 433 g/mol. The Hall–Kier alpha value is -3.48. The van der Waals surface area contributed by atoms with Crippen LogP contribution in [0.1, 0.15) is 46.6 Å². The van der Waals surface area contributed by atoms with Crippen molar-refractivity contribution < 1.29 is 14.3 Å². The number of nitrogens with zero attached hydrogens (tertiary/aromatic N) is 3. The Labute approximate surface area is 186 Å². The van der Waals surface area contributed by atoms with Gasteiger partial charge in [-0.2, -0.15) is 0 Å². The summed E-state index contributed by atoms with van der Waals surface area (Å²) in [6, 6.07) is 12.7. The first-order valence-electron chi connectivity index (χ1n) is 10.9. The van der Waals surface area contributed by atoms with E-state index in [0.29, 0.717) is 24.0 Å². The van der Waals surface area contributed by atoms with Crippen LogP contribution in [0.4, 0.5) is 0 Å². The number of rotatable bonds is 5. The molecule has 0 saturated carbocycles. The molecule has 2 heterocycles. The molecule has 0 radical (unpaired) electrons. The zero-order valence-electron chi connectivity index (χ0n) is 18.5. The molecule has 1 aliphatic heterocycles. The summed E-state index contributed by atoms with van der Waals surface area (Å²) in [5, 5.41) is 0.487. The van der Waals surface area contributed by atoms with Crippen LogP contribution in [0.3, 0.4) is 0 Å². The van der Waals surface area contributed by atoms with Crippen molar-refractivity contribution in [1.82, 2.24) is 14.5 Å². The van der Waals surface area contributed by atoms with Crippen molar-refractivity contribution in [3.63, 3.8) is 0 Å². The Bertz CT molecular complexity index is 1210. The lowest BCUT2D eigenvalue weighted by Crippen LogP contribution is -2.30. The zero-order valence-corrected chi connectivity index (χ0v) is 18.5. The number of esters is 1. The fourth-order valence-electron chi connectivity index (χ4n) is 3.92. The van der Waals surface area contributed by atoms with Gasteiger partial charge in [-0.3, -0.25) is 14.2 Å². The molecule has 32 heavy (non-hydrogen) atoms. The maximum absolute atomic E-state index is 12.8. The van der Waals surface area contributed by atoms with E-state index in [1.54, 1.807) is 29.8 Å². The van der Waals surface area contributed by atoms with Crippen LogP contribution in [0.5, 0.6) is 0 Å². The number of amides is 1. The number of ether oxygens (including phenoxy) is 1. The molecule has 2 aromatic carbocycles. The molecule has 0 spiro atoms. The number of fused-ring (bicyclic) bond motifs is 2. The number of hydrogen-bond acceptors (Lipinski definition) is 5. The number of hydrogen-bond donors (Lipinski definition) is 0. The lowest BCUT2D eigenvalue weighted by Gasteiger charge is -2.17. The van der Waals surface area contributed by atoms with Gasteiger partial charge in [-0.1, -0.05) is 36.2 Å². The normalized spacial score (nSPS) is 13.3. The minimum Gasteiger partial charge on any atom is -0.452 e. The van der Waals surface area contributed by atoms with E-state index in [-0.39, 0.29) is 23.6 Å². The third-order valence-corrected chi connectivity index (χ3v) is 5.85. The molecule has 1 amide bonds. The van der Waals surface area contributed by atoms with Crippen molar-refractivity contribution in [3.05, 3.63) is 75.3 Å². The minimum absolute atomic E-state index is 0.0697. The van der Waals surface area contributed by atoms with Gasteiger partial charge in [-0.25, -0.2) is 9.78 Å². The molecule has 0 saturated heterocycles. The third kappa shape index (κ3) is 4.72. The molecule has 3 aromatic rings. The topological polar surface area (TPSA) is 81.5 Å². The minimum atomic E-state index is -0.610. The lowest BCUT2D eigenvalue weighted by molar-refractivity contribution is -0.133. The van der Waals surface area contributed by atoms with Gasteiger partial charge in [0, 0.05) is 26.6 Å². The maximum atomic E-state index is 12.8. The molecule has 7 heteroatoms. The molecule has 0 N–H and O–H groups in total. The smallest absolute Gasteiger partial charge is 0.338 e. The summed E-state index contributed by atoms with van der Waals surface area (Å²) in [6.45, 7) is 2.78. The van der Waals surface area contributed by atoms with E-state index in [4.69, 9.17) is 4.74 Å². The Morgan fingerprint density at radius 2 is 1.88 bits per heavy atom. The van der Waals surface area contributed by atoms with Crippen molar-refractivity contribution in [2.45, 2.75) is 45.7 Å². The molecule has 1 aliphatic rings. The average Bonchev–Trinajstić information content (AvgIpc) is 3.04. The molecule has 1 aromatic heterocycles. The average molecular weight is 434 g/mol. The van der Waals surface area contributed by atoms with Crippen LogP contribution < -0.4 is 5.56 Å². The summed E-state index contributed by atoms with van der Waals surface area (Å²) in [5.41, 5.74) is 2.85. The number of carbonyl (C=O) groups excluding carboxylic acids is 2. The molecule has 0 fully saturated rings. The van der Waals surface area contributed by atoms with Gasteiger partial charge in [0.25, 0.3) is 11.5 Å². The first kappa shape index (κ1) is 21.7. The summed E-state index contributed by atoms with van der Waals surface area (Å²) >= 11 is 0. The zero-order chi connectivity index (χ0) is 22.7. The fourth-order valence-corrected chi connectivity index (χ4v) is 3.92. The van der Waals surface area contributed by atoms with Crippen molar-refractivity contribution in [2.24, 2.45) is 0 Å². The van der Waals surface area contributed by atoms with Crippen molar-refractivity contribution in [2.75, 3.05) is 13.7 Å². The van der Waals surface area contributed by atoms with Gasteiger partial charge in [0.2, 0.25) is 0 Å². The second-order valence-corrected chi connectivity index (χ2v) is 8.34. The molecule has 7 nitrogen and oxygen atoms in total. The van der Waals surface area contributed by atoms with E-state index in [1.807, 2.05) is 31.2 Å². The summed E-state index contributed by atoms with van der Waals surface area (Å²) in [5.74, 6) is -0.138. The largest absolute Gasteiger partial charge is 0.452 e. The maximum Gasteiger partial charge on any atom is 0.338 e. The van der Waals surface area contributed by atoms with Crippen LogP contribution in [0, 0.1) is 6.92 Å². The van der Waals surface area contributed by atoms with Crippen LogP contribution in [0.15, 0.2) is 47.3 Å². The molecule has 166 valence electrons. The molecule has 0 bridgehead atoms. The highest BCUT2D eigenvalue weighted by Gasteiger charge is 2.17. The third-order valence-electron chi connectivity index (χ3n) is 5.85. The Morgan fingerprint density at radius 3 is 2.66 bits per heavy atom. The van der Waals surface area contributed by atoms with E-state index in [1.165, 1.54) is 4.90 Å². The predicted octanol–water partition coefficient (Wildman–Crippen LogP) is 3.25. The van der Waals surface area contributed by atoms with E-state index in [9.17, 15) is 14.4 Å². The first-order valence-corrected chi connectivity index (χ1v) is 10.9. The van der Waals surface area contributed by atoms with Gasteiger partial charge < -0.3 is 9.64 Å². The standard InChI is InChI=1S/C25H27N3O4/c1-17-7-9-18(10-8-17)15-27(2)23(29)16-32-25(31)19-11-12-20-21(14-19)26-22-6-4-3-5-13-28(22)24(20)30/h7-12,14H,3-6,13,15-16H2,1-2H3. The van der Waals surface area contributed by atoms with E-state index < -0.39 is 5.97 Å². The van der Waals surface area contributed by atoms with Gasteiger partial charge in [0.05, 0.1) is 16.5 Å². The SMILES string of the molecule is Cc1ccc(CN(C)C(=O)COC(=O)c2ccc3c(=O)n4c(nc3c2)CCCCC4)cc1. The van der Waals surface area contributed by atoms with Gasteiger partial charge in [-0.15, -0.1) is 0 Å². The Morgan fingerprint density at radius 1 is 1.09 bits per heavy atom. The fraction of sp³-hybridized carbons (Fsp3) is 0.360. The van der Waals surface area contributed by atoms with Crippen molar-refractivity contribution in [1.29, 1.82) is 0 Å². The van der Waals surface area contributed by atoms with Crippen LogP contribution >= 0.6 is 0 Å². The summed E-state index contributed by atoms with van der Waals surface area (Å²) < 4.78 is 6.98. The quantitative estimate of drug-likeness (QED) is 0.577. The van der Waals surface area contributed by atoms with E-state index in [0.717, 1.165) is 42.6 Å². The molecule has 0 atom stereocenters. The van der Waals surface area contributed by atoms with E-state index >= 15 is 0 Å². The van der Waals surface area contributed by atoms with Crippen molar-refractivity contribution >= 4 is 22.8 Å². The summed E-state index contributed by atoms with van der Waals surface area (Å²) in [4.78, 5) is 43.9. The van der Waals surface area contributed by atoms with Gasteiger partial charge in [0.15, 0.2) is 6.61 Å². The van der Waals surface area contributed by atoms with Gasteiger partial charge >= 0.3 is 5.97 Å².